The molecule has 0 aromatic carbocycles. The van der Waals surface area contributed by atoms with Crippen LogP contribution in [0.5, 0.6) is 0 Å². The topological polar surface area (TPSA) is 61.2 Å². The summed E-state index contributed by atoms with van der Waals surface area (Å²) in [5.74, 6) is -1.71. The van der Waals surface area contributed by atoms with E-state index in [1.807, 2.05) is 0 Å². The van der Waals surface area contributed by atoms with Gasteiger partial charge in [0.15, 0.2) is 0 Å². The van der Waals surface area contributed by atoms with Crippen molar-refractivity contribution < 1.29 is 9.90 Å². The van der Waals surface area contributed by atoms with E-state index in [1.165, 1.54) is 12.2 Å². The van der Waals surface area contributed by atoms with Gasteiger partial charge in [-0.25, -0.2) is 0 Å². The van der Waals surface area contributed by atoms with Crippen LogP contribution < -0.4 is 0 Å². The first-order chi connectivity index (χ1) is 4.72. The molecule has 52 valence electrons. The van der Waals surface area contributed by atoms with Crippen molar-refractivity contribution in [3.63, 3.8) is 0 Å². The van der Waals surface area contributed by atoms with Gasteiger partial charge in [0.2, 0.25) is 0 Å². The van der Waals surface area contributed by atoms with Crippen LogP contribution >= 0.6 is 0 Å². The molecule has 3 nitrogen and oxygen atoms in total. The SMILES string of the molecule is N=C1C=CC=CC1C(=O)O. The fraction of sp³-hybridized carbons (Fsp3) is 0.143. The second kappa shape index (κ2) is 2.47. The van der Waals surface area contributed by atoms with Crippen LogP contribution in [0.2, 0.25) is 0 Å². The van der Waals surface area contributed by atoms with Crippen LogP contribution in [0.4, 0.5) is 0 Å². The second-order valence-electron chi connectivity index (χ2n) is 2.02. The standard InChI is InChI=1S/C7H7NO2/c8-6-4-2-1-3-5(6)7(9)10/h1-5,8H,(H,9,10). The van der Waals surface area contributed by atoms with E-state index >= 15 is 0 Å². The first-order valence-corrected chi connectivity index (χ1v) is 2.88. The molecule has 0 aliphatic heterocycles. The molecule has 1 aliphatic rings. The quantitative estimate of drug-likeness (QED) is 0.562. The number of carboxylic acids is 1. The maximum atomic E-state index is 10.3. The van der Waals surface area contributed by atoms with Gasteiger partial charge in [0.25, 0.3) is 0 Å². The molecule has 0 aromatic heterocycles. The minimum absolute atomic E-state index is 0.134. The van der Waals surface area contributed by atoms with Crippen molar-refractivity contribution in [3.05, 3.63) is 24.3 Å². The van der Waals surface area contributed by atoms with Gasteiger partial charge in [-0.2, -0.15) is 0 Å². The third kappa shape index (κ3) is 1.13. The Morgan fingerprint density at radius 3 is 2.70 bits per heavy atom. The molecular weight excluding hydrogens is 130 g/mol. The van der Waals surface area contributed by atoms with Gasteiger partial charge in [-0.15, -0.1) is 0 Å². The number of aliphatic carboxylic acids is 1. The minimum Gasteiger partial charge on any atom is -0.481 e. The molecule has 0 saturated heterocycles. The van der Waals surface area contributed by atoms with Gasteiger partial charge in [-0.05, 0) is 6.08 Å². The van der Waals surface area contributed by atoms with Crippen LogP contribution in [0, 0.1) is 11.3 Å². The molecule has 0 saturated carbocycles. The average Bonchev–Trinajstić information content (AvgIpc) is 1.88. The molecule has 1 rings (SSSR count). The molecular formula is C7H7NO2. The van der Waals surface area contributed by atoms with Crippen LogP contribution in [-0.2, 0) is 4.79 Å². The highest BCUT2D eigenvalue weighted by Crippen LogP contribution is 2.07. The van der Waals surface area contributed by atoms with E-state index in [4.69, 9.17) is 10.5 Å². The highest BCUT2D eigenvalue weighted by Gasteiger charge is 2.18. The Morgan fingerprint density at radius 2 is 2.30 bits per heavy atom. The number of hydrogen-bond acceptors (Lipinski definition) is 2. The van der Waals surface area contributed by atoms with Crippen molar-refractivity contribution in [2.75, 3.05) is 0 Å². The van der Waals surface area contributed by atoms with E-state index < -0.39 is 11.9 Å². The predicted molar refractivity (Wildman–Crippen MR) is 37.1 cm³/mol. The van der Waals surface area contributed by atoms with E-state index in [2.05, 4.69) is 0 Å². The van der Waals surface area contributed by atoms with E-state index in [0.29, 0.717) is 0 Å². The zero-order valence-corrected chi connectivity index (χ0v) is 5.24. The third-order valence-electron chi connectivity index (χ3n) is 1.29. The summed E-state index contributed by atoms with van der Waals surface area (Å²) in [5.41, 5.74) is 0.134. The van der Waals surface area contributed by atoms with Gasteiger partial charge in [0, 0.05) is 5.71 Å². The zero-order valence-electron chi connectivity index (χ0n) is 5.24. The Labute approximate surface area is 58.2 Å². The maximum Gasteiger partial charge on any atom is 0.316 e. The Hall–Kier alpha value is -1.38. The number of rotatable bonds is 1. The fourth-order valence-electron chi connectivity index (χ4n) is 0.757. The van der Waals surface area contributed by atoms with Gasteiger partial charge >= 0.3 is 5.97 Å². The summed E-state index contributed by atoms with van der Waals surface area (Å²) in [6, 6.07) is 0. The van der Waals surface area contributed by atoms with Crippen molar-refractivity contribution in [2.24, 2.45) is 5.92 Å². The third-order valence-corrected chi connectivity index (χ3v) is 1.29. The molecule has 1 aliphatic carbocycles. The lowest BCUT2D eigenvalue weighted by atomic mass is 9.99. The van der Waals surface area contributed by atoms with Crippen molar-refractivity contribution in [1.82, 2.24) is 0 Å². The van der Waals surface area contributed by atoms with Gasteiger partial charge in [-0.3, -0.25) is 4.79 Å². The lowest BCUT2D eigenvalue weighted by Crippen LogP contribution is -2.20. The largest absolute Gasteiger partial charge is 0.481 e. The first kappa shape index (κ1) is 6.74. The lowest BCUT2D eigenvalue weighted by Gasteiger charge is -2.07. The molecule has 0 aromatic rings. The van der Waals surface area contributed by atoms with Crippen molar-refractivity contribution in [2.45, 2.75) is 0 Å². The molecule has 0 radical (unpaired) electrons. The van der Waals surface area contributed by atoms with Crippen molar-refractivity contribution in [1.29, 1.82) is 5.41 Å². The highest BCUT2D eigenvalue weighted by molar-refractivity contribution is 6.08. The predicted octanol–water partition coefficient (Wildman–Crippen LogP) is 0.833. The summed E-state index contributed by atoms with van der Waals surface area (Å²) in [5, 5.41) is 15.6. The normalized spacial score (nSPS) is 23.2. The molecule has 0 spiro atoms. The summed E-state index contributed by atoms with van der Waals surface area (Å²) in [6.45, 7) is 0. The summed E-state index contributed by atoms with van der Waals surface area (Å²) in [7, 11) is 0. The molecule has 2 N–H and O–H groups in total. The van der Waals surface area contributed by atoms with Crippen LogP contribution in [-0.4, -0.2) is 16.8 Å². The van der Waals surface area contributed by atoms with E-state index in [1.54, 1.807) is 12.2 Å². The van der Waals surface area contributed by atoms with Crippen LogP contribution in [0.15, 0.2) is 24.3 Å². The first-order valence-electron chi connectivity index (χ1n) is 2.88. The lowest BCUT2D eigenvalue weighted by molar-refractivity contribution is -0.138. The highest BCUT2D eigenvalue weighted by atomic mass is 16.4. The summed E-state index contributed by atoms with van der Waals surface area (Å²) in [6.07, 6.45) is 6.27. The Balaban J connectivity index is 2.80. The number of carboxylic acid groups (broad SMARTS) is 1. The van der Waals surface area contributed by atoms with Crippen molar-refractivity contribution in [3.8, 4) is 0 Å². The van der Waals surface area contributed by atoms with Gasteiger partial charge in [-0.1, -0.05) is 18.2 Å². The molecule has 0 amide bonds. The van der Waals surface area contributed by atoms with Gasteiger partial charge in [0.05, 0.1) is 0 Å². The van der Waals surface area contributed by atoms with E-state index in [-0.39, 0.29) is 5.71 Å². The second-order valence-corrected chi connectivity index (χ2v) is 2.02. The number of nitrogens with one attached hydrogen (secondary N) is 1. The van der Waals surface area contributed by atoms with E-state index in [9.17, 15) is 4.79 Å². The Bertz CT molecular complexity index is 228. The van der Waals surface area contributed by atoms with E-state index in [0.717, 1.165) is 0 Å². The minimum atomic E-state index is -0.967. The summed E-state index contributed by atoms with van der Waals surface area (Å²) < 4.78 is 0. The number of carbonyl (C=O) groups is 1. The maximum absolute atomic E-state index is 10.3. The molecule has 0 fully saturated rings. The van der Waals surface area contributed by atoms with Gasteiger partial charge < -0.3 is 10.5 Å². The van der Waals surface area contributed by atoms with Crippen molar-refractivity contribution >= 4 is 11.7 Å². The Kier molecular flexibility index (Phi) is 1.67. The Morgan fingerprint density at radius 1 is 1.60 bits per heavy atom. The summed E-state index contributed by atoms with van der Waals surface area (Å²) >= 11 is 0. The molecule has 1 unspecified atom stereocenters. The van der Waals surface area contributed by atoms with Gasteiger partial charge in [0.1, 0.15) is 5.92 Å². The number of hydrogen-bond donors (Lipinski definition) is 2. The molecule has 3 heteroatoms. The molecule has 0 bridgehead atoms. The van der Waals surface area contributed by atoms with Crippen LogP contribution in [0.3, 0.4) is 0 Å². The average molecular weight is 137 g/mol. The molecule has 0 heterocycles. The molecule has 10 heavy (non-hydrogen) atoms. The zero-order chi connectivity index (χ0) is 7.56. The summed E-state index contributed by atoms with van der Waals surface area (Å²) in [4.78, 5) is 10.3. The van der Waals surface area contributed by atoms with Crippen LogP contribution in [0.1, 0.15) is 0 Å². The van der Waals surface area contributed by atoms with Crippen LogP contribution in [0.25, 0.3) is 0 Å². The monoisotopic (exact) mass is 137 g/mol. The number of allylic oxidation sites excluding steroid dienone is 3. The smallest absolute Gasteiger partial charge is 0.316 e. The fourth-order valence-corrected chi connectivity index (χ4v) is 0.757. The molecule has 1 atom stereocenters.